The molecule has 1 aliphatic rings. The number of benzene rings is 1. The van der Waals surface area contributed by atoms with Crippen molar-refractivity contribution < 1.29 is 27.4 Å². The maximum atomic E-state index is 13.7. The van der Waals surface area contributed by atoms with Crippen molar-refractivity contribution in [3.63, 3.8) is 0 Å². The molecule has 7 nitrogen and oxygen atoms in total. The second-order valence-corrected chi connectivity index (χ2v) is 6.67. The minimum absolute atomic E-state index is 0.0519. The summed E-state index contributed by atoms with van der Waals surface area (Å²) in [4.78, 5) is 16.6. The van der Waals surface area contributed by atoms with Crippen LogP contribution in [0.3, 0.4) is 0 Å². The first-order valence-corrected chi connectivity index (χ1v) is 8.95. The molecule has 0 saturated carbocycles. The monoisotopic (exact) mass is 406 g/mol. The van der Waals surface area contributed by atoms with Gasteiger partial charge in [-0.15, -0.1) is 0 Å². The van der Waals surface area contributed by atoms with E-state index >= 15 is 0 Å². The van der Waals surface area contributed by atoms with Gasteiger partial charge in [0.05, 0.1) is 5.69 Å². The second-order valence-electron chi connectivity index (χ2n) is 6.67. The lowest BCUT2D eigenvalue weighted by molar-refractivity contribution is -0.142. The van der Waals surface area contributed by atoms with Crippen LogP contribution in [-0.2, 0) is 6.18 Å². The molecule has 3 heterocycles. The SMILES string of the molecule is CCC(C)NC(=O)c1cc2nc(-c3ccc4c(c3)OCO4)cc(C(F)(F)F)n2n1. The van der Waals surface area contributed by atoms with Gasteiger partial charge in [0.1, 0.15) is 0 Å². The molecule has 0 bridgehead atoms. The molecule has 1 aromatic carbocycles. The van der Waals surface area contributed by atoms with E-state index in [4.69, 9.17) is 9.47 Å². The number of alkyl halides is 3. The van der Waals surface area contributed by atoms with Crippen LogP contribution in [0.4, 0.5) is 13.2 Å². The van der Waals surface area contributed by atoms with Gasteiger partial charge in [0, 0.05) is 17.7 Å². The van der Waals surface area contributed by atoms with Gasteiger partial charge in [0.15, 0.2) is 28.5 Å². The number of rotatable bonds is 4. The first-order valence-electron chi connectivity index (χ1n) is 8.95. The van der Waals surface area contributed by atoms with E-state index in [1.807, 2.05) is 6.92 Å². The number of halogens is 3. The van der Waals surface area contributed by atoms with Gasteiger partial charge in [-0.2, -0.15) is 18.3 Å². The number of fused-ring (bicyclic) bond motifs is 2. The summed E-state index contributed by atoms with van der Waals surface area (Å²) in [7, 11) is 0. The van der Waals surface area contributed by atoms with Crippen LogP contribution in [0.25, 0.3) is 16.9 Å². The fraction of sp³-hybridized carbons (Fsp3) is 0.316. The largest absolute Gasteiger partial charge is 0.454 e. The Bertz CT molecular complexity index is 1090. The van der Waals surface area contributed by atoms with E-state index in [0.29, 0.717) is 28.0 Å². The van der Waals surface area contributed by atoms with Crippen molar-refractivity contribution in [1.29, 1.82) is 0 Å². The van der Waals surface area contributed by atoms with Gasteiger partial charge in [-0.25, -0.2) is 9.50 Å². The molecule has 1 amide bonds. The summed E-state index contributed by atoms with van der Waals surface area (Å²) in [5.41, 5.74) is -0.739. The molecule has 1 aliphatic heterocycles. The third kappa shape index (κ3) is 3.57. The van der Waals surface area contributed by atoms with Crippen LogP contribution in [0, 0.1) is 0 Å². The zero-order chi connectivity index (χ0) is 20.8. The Kier molecular flexibility index (Phi) is 4.56. The lowest BCUT2D eigenvalue weighted by atomic mass is 10.1. The van der Waals surface area contributed by atoms with Gasteiger partial charge in [-0.05, 0) is 37.6 Å². The fourth-order valence-corrected chi connectivity index (χ4v) is 2.89. The van der Waals surface area contributed by atoms with Gasteiger partial charge in [0.25, 0.3) is 5.91 Å². The topological polar surface area (TPSA) is 77.8 Å². The number of nitrogens with zero attached hydrogens (tertiary/aromatic N) is 3. The van der Waals surface area contributed by atoms with Crippen molar-refractivity contribution in [3.05, 3.63) is 41.7 Å². The summed E-state index contributed by atoms with van der Waals surface area (Å²) in [6.45, 7) is 3.73. The maximum absolute atomic E-state index is 13.7. The zero-order valence-corrected chi connectivity index (χ0v) is 15.6. The van der Waals surface area contributed by atoms with Crippen LogP contribution >= 0.6 is 0 Å². The Morgan fingerprint density at radius 3 is 2.72 bits per heavy atom. The van der Waals surface area contributed by atoms with Gasteiger partial charge in [-0.3, -0.25) is 4.79 Å². The average Bonchev–Trinajstić information content (AvgIpc) is 3.32. The van der Waals surface area contributed by atoms with Gasteiger partial charge in [0.2, 0.25) is 6.79 Å². The van der Waals surface area contributed by atoms with E-state index < -0.39 is 17.8 Å². The van der Waals surface area contributed by atoms with Crippen LogP contribution in [0.5, 0.6) is 11.5 Å². The Morgan fingerprint density at radius 1 is 1.24 bits per heavy atom. The normalized spacial score (nSPS) is 14.2. The molecule has 29 heavy (non-hydrogen) atoms. The highest BCUT2D eigenvalue weighted by molar-refractivity contribution is 5.93. The highest BCUT2D eigenvalue weighted by atomic mass is 19.4. The van der Waals surface area contributed by atoms with Crippen molar-refractivity contribution in [2.75, 3.05) is 6.79 Å². The summed E-state index contributed by atoms with van der Waals surface area (Å²) >= 11 is 0. The highest BCUT2D eigenvalue weighted by Crippen LogP contribution is 2.37. The van der Waals surface area contributed by atoms with Gasteiger partial charge in [-0.1, -0.05) is 6.92 Å². The molecule has 152 valence electrons. The predicted molar refractivity (Wildman–Crippen MR) is 96.8 cm³/mol. The number of carbonyl (C=O) groups is 1. The molecule has 0 aliphatic carbocycles. The van der Waals surface area contributed by atoms with Gasteiger partial charge >= 0.3 is 6.18 Å². The van der Waals surface area contributed by atoms with E-state index in [1.54, 1.807) is 25.1 Å². The van der Waals surface area contributed by atoms with E-state index in [1.165, 1.54) is 6.07 Å². The van der Waals surface area contributed by atoms with E-state index in [-0.39, 0.29) is 29.9 Å². The summed E-state index contributed by atoms with van der Waals surface area (Å²) in [6.07, 6.45) is -4.01. The molecule has 1 N–H and O–H groups in total. The number of amides is 1. The summed E-state index contributed by atoms with van der Waals surface area (Å²) in [5, 5.41) is 6.52. The molecule has 0 saturated heterocycles. The Hall–Kier alpha value is -3.30. The highest BCUT2D eigenvalue weighted by Gasteiger charge is 2.36. The van der Waals surface area contributed by atoms with Crippen molar-refractivity contribution in [2.24, 2.45) is 0 Å². The number of aromatic nitrogens is 3. The second kappa shape index (κ2) is 6.94. The molecule has 4 rings (SSSR count). The Balaban J connectivity index is 1.82. The van der Waals surface area contributed by atoms with Crippen molar-refractivity contribution in [2.45, 2.75) is 32.5 Å². The average molecular weight is 406 g/mol. The van der Waals surface area contributed by atoms with E-state index in [0.717, 1.165) is 6.07 Å². The molecule has 0 radical (unpaired) electrons. The van der Waals surface area contributed by atoms with Crippen molar-refractivity contribution >= 4 is 11.6 Å². The van der Waals surface area contributed by atoms with Gasteiger partial charge < -0.3 is 14.8 Å². The molecule has 3 aromatic rings. The fourth-order valence-electron chi connectivity index (χ4n) is 2.89. The van der Waals surface area contributed by atoms with Crippen LogP contribution < -0.4 is 14.8 Å². The minimum Gasteiger partial charge on any atom is -0.454 e. The maximum Gasteiger partial charge on any atom is 0.433 e. The first-order chi connectivity index (χ1) is 13.8. The quantitative estimate of drug-likeness (QED) is 0.715. The summed E-state index contributed by atoms with van der Waals surface area (Å²) < 4.78 is 52.2. The van der Waals surface area contributed by atoms with Crippen molar-refractivity contribution in [3.8, 4) is 22.8 Å². The molecular formula is C19H17F3N4O3. The Labute approximate surface area is 163 Å². The number of carbonyl (C=O) groups excluding carboxylic acids is 1. The molecule has 2 aromatic heterocycles. The van der Waals surface area contributed by atoms with Crippen LogP contribution in [0.1, 0.15) is 36.5 Å². The van der Waals surface area contributed by atoms with Crippen molar-refractivity contribution in [1.82, 2.24) is 19.9 Å². The van der Waals surface area contributed by atoms with Crippen LogP contribution in [-0.4, -0.2) is 33.3 Å². The third-order valence-corrected chi connectivity index (χ3v) is 4.61. The first kappa shape index (κ1) is 19.0. The number of ether oxygens (including phenoxy) is 2. The number of hydrogen-bond acceptors (Lipinski definition) is 5. The van der Waals surface area contributed by atoms with Crippen LogP contribution in [0.2, 0.25) is 0 Å². The third-order valence-electron chi connectivity index (χ3n) is 4.61. The molecule has 0 fully saturated rings. The lowest BCUT2D eigenvalue weighted by Crippen LogP contribution is -2.32. The molecule has 10 heteroatoms. The lowest BCUT2D eigenvalue weighted by Gasteiger charge is -2.11. The molecule has 1 unspecified atom stereocenters. The number of hydrogen-bond donors (Lipinski definition) is 1. The standard InChI is InChI=1S/C19H17F3N4O3/c1-3-10(2)23-18(27)13-8-17-24-12(7-16(19(20,21)22)26(17)25-13)11-4-5-14-15(6-11)29-9-28-14/h4-8,10H,3,9H2,1-2H3,(H,23,27). The van der Waals surface area contributed by atoms with E-state index in [2.05, 4.69) is 15.4 Å². The Morgan fingerprint density at radius 2 is 2.00 bits per heavy atom. The minimum atomic E-state index is -4.69. The zero-order valence-electron chi connectivity index (χ0n) is 15.6. The predicted octanol–water partition coefficient (Wildman–Crippen LogP) is 3.67. The van der Waals surface area contributed by atoms with E-state index in [9.17, 15) is 18.0 Å². The van der Waals surface area contributed by atoms with Crippen LogP contribution in [0.15, 0.2) is 30.3 Å². The molecule has 0 spiro atoms. The molecular weight excluding hydrogens is 389 g/mol. The summed E-state index contributed by atoms with van der Waals surface area (Å²) in [5.74, 6) is 0.390. The number of nitrogens with one attached hydrogen (secondary N) is 1. The summed E-state index contributed by atoms with van der Waals surface area (Å²) in [6, 6.07) is 6.77. The smallest absolute Gasteiger partial charge is 0.433 e. The molecule has 1 atom stereocenters.